The zero-order valence-corrected chi connectivity index (χ0v) is 17.8. The monoisotopic (exact) mass is 415 g/mol. The molecule has 4 rings (SSSR count). The van der Waals surface area contributed by atoms with Crippen molar-refractivity contribution in [3.63, 3.8) is 0 Å². The van der Waals surface area contributed by atoms with Crippen LogP contribution in [0.5, 0.6) is 28.7 Å². The predicted molar refractivity (Wildman–Crippen MR) is 112 cm³/mol. The zero-order valence-electron chi connectivity index (χ0n) is 17.8. The third-order valence-electron chi connectivity index (χ3n) is 5.49. The van der Waals surface area contributed by atoms with E-state index in [0.717, 1.165) is 54.4 Å². The molecule has 0 spiro atoms. The second-order valence-electron chi connectivity index (χ2n) is 7.49. The summed E-state index contributed by atoms with van der Waals surface area (Å²) in [6, 6.07) is 10.0. The van der Waals surface area contributed by atoms with Crippen LogP contribution in [0.15, 0.2) is 30.3 Å². The Hall–Kier alpha value is -2.64. The first-order valence-corrected chi connectivity index (χ1v) is 10.2. The number of rotatable bonds is 9. The highest BCUT2D eigenvalue weighted by Crippen LogP contribution is 2.42. The summed E-state index contributed by atoms with van der Waals surface area (Å²) in [6.07, 6.45) is 2.42. The minimum absolute atomic E-state index is 0.218. The van der Waals surface area contributed by atoms with E-state index in [2.05, 4.69) is 11.0 Å². The standard InChI is InChI=1S/C23H29NO6/c1-25-19-8-4-6-17(22(19)27-3)13-24(14-18-7-5-9-28-18)12-16-10-20(26-2)23-21(11-16)29-15-30-23/h4,6,8,10-11,18H,5,7,9,12-15H2,1-3H3. The number of hydrogen-bond donors (Lipinski definition) is 0. The van der Waals surface area contributed by atoms with Crippen LogP contribution >= 0.6 is 0 Å². The maximum atomic E-state index is 5.91. The van der Waals surface area contributed by atoms with Crippen molar-refractivity contribution >= 4 is 0 Å². The molecular formula is C23H29NO6. The first kappa shape index (κ1) is 20.6. The number of methoxy groups -OCH3 is 3. The Bertz CT molecular complexity index is 865. The summed E-state index contributed by atoms with van der Waals surface area (Å²) in [5.41, 5.74) is 2.17. The molecule has 2 aromatic carbocycles. The molecule has 1 fully saturated rings. The fraction of sp³-hybridized carbons (Fsp3) is 0.478. The van der Waals surface area contributed by atoms with Crippen LogP contribution in [0, 0.1) is 0 Å². The largest absolute Gasteiger partial charge is 0.493 e. The van der Waals surface area contributed by atoms with E-state index in [4.69, 9.17) is 28.4 Å². The maximum absolute atomic E-state index is 5.91. The Morgan fingerprint density at radius 1 is 1.00 bits per heavy atom. The van der Waals surface area contributed by atoms with Crippen molar-refractivity contribution in [2.75, 3.05) is 41.3 Å². The summed E-state index contributed by atoms with van der Waals surface area (Å²) in [4.78, 5) is 2.37. The average Bonchev–Trinajstić information content (AvgIpc) is 3.44. The molecule has 7 heteroatoms. The molecule has 0 radical (unpaired) electrons. The van der Waals surface area contributed by atoms with Gasteiger partial charge in [0.05, 0.1) is 27.4 Å². The normalized spacial score (nSPS) is 17.4. The van der Waals surface area contributed by atoms with Gasteiger partial charge in [0.1, 0.15) is 0 Å². The number of benzene rings is 2. The van der Waals surface area contributed by atoms with Crippen LogP contribution in [0.3, 0.4) is 0 Å². The van der Waals surface area contributed by atoms with E-state index in [0.29, 0.717) is 24.6 Å². The molecule has 0 N–H and O–H groups in total. The molecule has 0 amide bonds. The summed E-state index contributed by atoms with van der Waals surface area (Å²) in [5, 5.41) is 0. The van der Waals surface area contributed by atoms with Crippen LogP contribution < -0.4 is 23.7 Å². The Morgan fingerprint density at radius 2 is 1.87 bits per heavy atom. The van der Waals surface area contributed by atoms with E-state index in [9.17, 15) is 0 Å². The van der Waals surface area contributed by atoms with Crippen LogP contribution in [0.1, 0.15) is 24.0 Å². The third-order valence-corrected chi connectivity index (χ3v) is 5.49. The second-order valence-corrected chi connectivity index (χ2v) is 7.49. The Morgan fingerprint density at radius 3 is 2.60 bits per heavy atom. The molecule has 1 saturated heterocycles. The van der Waals surface area contributed by atoms with E-state index in [1.54, 1.807) is 21.3 Å². The van der Waals surface area contributed by atoms with Gasteiger partial charge in [0.2, 0.25) is 12.5 Å². The van der Waals surface area contributed by atoms with Crippen molar-refractivity contribution in [2.24, 2.45) is 0 Å². The van der Waals surface area contributed by atoms with Gasteiger partial charge in [-0.05, 0) is 36.6 Å². The maximum Gasteiger partial charge on any atom is 0.231 e. The molecule has 2 heterocycles. The Labute approximate surface area is 177 Å². The summed E-state index contributed by atoms with van der Waals surface area (Å²) in [5.74, 6) is 3.58. The quantitative estimate of drug-likeness (QED) is 0.620. The lowest BCUT2D eigenvalue weighted by Gasteiger charge is -2.26. The number of hydrogen-bond acceptors (Lipinski definition) is 7. The molecule has 0 aliphatic carbocycles. The van der Waals surface area contributed by atoms with E-state index in [1.165, 1.54) is 0 Å². The summed E-state index contributed by atoms with van der Waals surface area (Å²) in [6.45, 7) is 3.30. The SMILES string of the molecule is COc1cccc(CN(Cc2cc(OC)c3c(c2)OCO3)CC2CCCO2)c1OC. The van der Waals surface area contributed by atoms with Crippen LogP contribution in [-0.4, -0.2) is 52.3 Å². The van der Waals surface area contributed by atoms with Gasteiger partial charge in [-0.3, -0.25) is 4.90 Å². The second kappa shape index (κ2) is 9.45. The molecule has 0 aromatic heterocycles. The summed E-state index contributed by atoms with van der Waals surface area (Å²) < 4.78 is 33.7. The van der Waals surface area contributed by atoms with Crippen molar-refractivity contribution < 1.29 is 28.4 Å². The van der Waals surface area contributed by atoms with Crippen molar-refractivity contribution in [2.45, 2.75) is 32.0 Å². The lowest BCUT2D eigenvalue weighted by atomic mass is 10.1. The van der Waals surface area contributed by atoms with Gasteiger partial charge in [-0.25, -0.2) is 0 Å². The molecular weight excluding hydrogens is 386 g/mol. The summed E-state index contributed by atoms with van der Waals surface area (Å²) in [7, 11) is 4.98. The van der Waals surface area contributed by atoms with Gasteiger partial charge in [-0.2, -0.15) is 0 Å². The molecule has 2 aliphatic heterocycles. The fourth-order valence-corrected chi connectivity index (χ4v) is 4.11. The number of ether oxygens (including phenoxy) is 6. The van der Waals surface area contributed by atoms with Gasteiger partial charge >= 0.3 is 0 Å². The Kier molecular flexibility index (Phi) is 6.50. The van der Waals surface area contributed by atoms with Gasteiger partial charge in [0.15, 0.2) is 23.0 Å². The highest BCUT2D eigenvalue weighted by Gasteiger charge is 2.24. The average molecular weight is 415 g/mol. The highest BCUT2D eigenvalue weighted by atomic mass is 16.7. The van der Waals surface area contributed by atoms with E-state index >= 15 is 0 Å². The summed E-state index contributed by atoms with van der Waals surface area (Å²) >= 11 is 0. The van der Waals surface area contributed by atoms with Crippen LogP contribution in [-0.2, 0) is 17.8 Å². The smallest absolute Gasteiger partial charge is 0.231 e. The van der Waals surface area contributed by atoms with Crippen LogP contribution in [0.4, 0.5) is 0 Å². The first-order chi connectivity index (χ1) is 14.7. The van der Waals surface area contributed by atoms with Gasteiger partial charge < -0.3 is 28.4 Å². The van der Waals surface area contributed by atoms with Crippen LogP contribution in [0.2, 0.25) is 0 Å². The predicted octanol–water partition coefficient (Wildman–Crippen LogP) is 3.62. The number of nitrogens with zero attached hydrogens (tertiary/aromatic N) is 1. The van der Waals surface area contributed by atoms with Crippen LogP contribution in [0.25, 0.3) is 0 Å². The van der Waals surface area contributed by atoms with Crippen molar-refractivity contribution in [1.82, 2.24) is 4.90 Å². The van der Waals surface area contributed by atoms with E-state index in [-0.39, 0.29) is 12.9 Å². The fourth-order valence-electron chi connectivity index (χ4n) is 4.11. The molecule has 1 atom stereocenters. The third kappa shape index (κ3) is 4.42. The Balaban J connectivity index is 1.59. The van der Waals surface area contributed by atoms with Crippen molar-refractivity contribution in [1.29, 1.82) is 0 Å². The minimum atomic E-state index is 0.218. The molecule has 0 saturated carbocycles. The zero-order chi connectivity index (χ0) is 20.9. The first-order valence-electron chi connectivity index (χ1n) is 10.2. The van der Waals surface area contributed by atoms with Gasteiger partial charge in [0, 0.05) is 31.8 Å². The number of fused-ring (bicyclic) bond motifs is 1. The molecule has 7 nitrogen and oxygen atoms in total. The topological polar surface area (TPSA) is 58.6 Å². The molecule has 162 valence electrons. The van der Waals surface area contributed by atoms with Crippen molar-refractivity contribution in [3.8, 4) is 28.7 Å². The minimum Gasteiger partial charge on any atom is -0.493 e. The van der Waals surface area contributed by atoms with E-state index < -0.39 is 0 Å². The molecule has 2 aromatic rings. The van der Waals surface area contributed by atoms with E-state index in [1.807, 2.05) is 24.3 Å². The van der Waals surface area contributed by atoms with Gasteiger partial charge in [-0.1, -0.05) is 12.1 Å². The van der Waals surface area contributed by atoms with Gasteiger partial charge in [-0.15, -0.1) is 0 Å². The molecule has 30 heavy (non-hydrogen) atoms. The molecule has 2 aliphatic rings. The molecule has 1 unspecified atom stereocenters. The van der Waals surface area contributed by atoms with Gasteiger partial charge in [0.25, 0.3) is 0 Å². The number of para-hydroxylation sites is 1. The highest BCUT2D eigenvalue weighted by molar-refractivity contribution is 5.55. The van der Waals surface area contributed by atoms with Crippen molar-refractivity contribution in [3.05, 3.63) is 41.5 Å². The lowest BCUT2D eigenvalue weighted by molar-refractivity contribution is 0.0675. The molecule has 0 bridgehead atoms. The lowest BCUT2D eigenvalue weighted by Crippen LogP contribution is -2.31.